The van der Waals surface area contributed by atoms with Crippen LogP contribution in [-0.2, 0) is 4.74 Å². The van der Waals surface area contributed by atoms with Crippen LogP contribution in [0.2, 0.25) is 0 Å². The molecule has 3 rings (SSSR count). The SMILES string of the molecule is CCOc1ccc(-c2ccc(C(=O)NC[C@@H]3CCCO3)s2)cc1. The number of benzene rings is 1. The van der Waals surface area contributed by atoms with Gasteiger partial charge < -0.3 is 14.8 Å². The summed E-state index contributed by atoms with van der Waals surface area (Å²) in [5.74, 6) is 0.838. The quantitative estimate of drug-likeness (QED) is 0.877. The Labute approximate surface area is 140 Å². The molecule has 0 aliphatic carbocycles. The van der Waals surface area contributed by atoms with Gasteiger partial charge in [0.15, 0.2) is 0 Å². The molecule has 0 bridgehead atoms. The normalized spacial score (nSPS) is 17.2. The predicted octanol–water partition coefficient (Wildman–Crippen LogP) is 3.72. The van der Waals surface area contributed by atoms with E-state index in [4.69, 9.17) is 9.47 Å². The number of hydrogen-bond donors (Lipinski definition) is 1. The average molecular weight is 331 g/mol. The minimum absolute atomic E-state index is 0.0253. The van der Waals surface area contributed by atoms with E-state index in [0.717, 1.165) is 40.5 Å². The molecular formula is C18H21NO3S. The van der Waals surface area contributed by atoms with E-state index in [1.807, 2.05) is 43.3 Å². The van der Waals surface area contributed by atoms with Crippen LogP contribution in [0, 0.1) is 0 Å². The van der Waals surface area contributed by atoms with Gasteiger partial charge in [-0.2, -0.15) is 0 Å². The number of rotatable bonds is 6. The van der Waals surface area contributed by atoms with Gasteiger partial charge in [0.1, 0.15) is 5.75 Å². The number of amides is 1. The molecule has 122 valence electrons. The molecular weight excluding hydrogens is 310 g/mol. The zero-order valence-electron chi connectivity index (χ0n) is 13.2. The Morgan fingerprint density at radius 2 is 2.13 bits per heavy atom. The molecule has 0 radical (unpaired) electrons. The molecule has 1 saturated heterocycles. The fourth-order valence-electron chi connectivity index (χ4n) is 2.60. The summed E-state index contributed by atoms with van der Waals surface area (Å²) in [5.41, 5.74) is 1.09. The van der Waals surface area contributed by atoms with Crippen molar-refractivity contribution in [3.05, 3.63) is 41.3 Å². The first-order chi connectivity index (χ1) is 11.3. The van der Waals surface area contributed by atoms with Crippen LogP contribution in [-0.4, -0.2) is 31.8 Å². The summed E-state index contributed by atoms with van der Waals surface area (Å²) in [6, 6.07) is 11.8. The Balaban J connectivity index is 1.61. The average Bonchev–Trinajstić information content (AvgIpc) is 3.25. The molecule has 1 aliphatic rings. The number of nitrogens with one attached hydrogen (secondary N) is 1. The Kier molecular flexibility index (Phi) is 5.31. The predicted molar refractivity (Wildman–Crippen MR) is 92.2 cm³/mol. The van der Waals surface area contributed by atoms with Crippen molar-refractivity contribution in [1.82, 2.24) is 5.32 Å². The van der Waals surface area contributed by atoms with Crippen molar-refractivity contribution in [1.29, 1.82) is 0 Å². The molecule has 1 amide bonds. The summed E-state index contributed by atoms with van der Waals surface area (Å²) in [7, 11) is 0. The topological polar surface area (TPSA) is 47.6 Å². The fraction of sp³-hybridized carbons (Fsp3) is 0.389. The minimum atomic E-state index is -0.0253. The van der Waals surface area contributed by atoms with E-state index in [1.54, 1.807) is 0 Å². The molecule has 1 aliphatic heterocycles. The van der Waals surface area contributed by atoms with Crippen LogP contribution in [0.5, 0.6) is 5.75 Å². The maximum atomic E-state index is 12.2. The standard InChI is InChI=1S/C18H21NO3S/c1-2-21-14-7-5-13(6-8-14)16-9-10-17(23-16)18(20)19-12-15-4-3-11-22-15/h5-10,15H,2-4,11-12H2,1H3,(H,19,20)/t15-/m0/s1. The van der Waals surface area contributed by atoms with Crippen molar-refractivity contribution in [3.63, 3.8) is 0 Å². The molecule has 2 aromatic rings. The van der Waals surface area contributed by atoms with Crippen LogP contribution in [0.25, 0.3) is 10.4 Å². The van der Waals surface area contributed by atoms with E-state index in [-0.39, 0.29) is 12.0 Å². The Morgan fingerprint density at radius 3 is 2.83 bits per heavy atom. The molecule has 1 fully saturated rings. The van der Waals surface area contributed by atoms with Crippen molar-refractivity contribution in [2.24, 2.45) is 0 Å². The highest BCUT2D eigenvalue weighted by Gasteiger charge is 2.17. The van der Waals surface area contributed by atoms with Crippen molar-refractivity contribution in [2.45, 2.75) is 25.9 Å². The van der Waals surface area contributed by atoms with E-state index in [9.17, 15) is 4.79 Å². The molecule has 1 aromatic heterocycles. The molecule has 1 atom stereocenters. The van der Waals surface area contributed by atoms with Gasteiger partial charge in [0.2, 0.25) is 0 Å². The van der Waals surface area contributed by atoms with E-state index >= 15 is 0 Å². The summed E-state index contributed by atoms with van der Waals surface area (Å²) >= 11 is 1.50. The lowest BCUT2D eigenvalue weighted by Crippen LogP contribution is -2.31. The summed E-state index contributed by atoms with van der Waals surface area (Å²) in [4.78, 5) is 14.0. The van der Waals surface area contributed by atoms with Gasteiger partial charge in [-0.05, 0) is 61.7 Å². The second kappa shape index (κ2) is 7.62. The smallest absolute Gasteiger partial charge is 0.261 e. The van der Waals surface area contributed by atoms with Crippen LogP contribution in [0.15, 0.2) is 36.4 Å². The number of carbonyl (C=O) groups is 1. The Morgan fingerprint density at radius 1 is 1.30 bits per heavy atom. The van der Waals surface area contributed by atoms with Gasteiger partial charge in [-0.3, -0.25) is 4.79 Å². The first-order valence-corrected chi connectivity index (χ1v) is 8.81. The molecule has 5 heteroatoms. The van der Waals surface area contributed by atoms with Gasteiger partial charge in [-0.15, -0.1) is 11.3 Å². The monoisotopic (exact) mass is 331 g/mol. The summed E-state index contributed by atoms with van der Waals surface area (Å²) in [6.07, 6.45) is 2.29. The lowest BCUT2D eigenvalue weighted by Gasteiger charge is -2.09. The molecule has 1 N–H and O–H groups in total. The van der Waals surface area contributed by atoms with Crippen molar-refractivity contribution < 1.29 is 14.3 Å². The van der Waals surface area contributed by atoms with Gasteiger partial charge >= 0.3 is 0 Å². The van der Waals surface area contributed by atoms with Crippen LogP contribution in [0.3, 0.4) is 0 Å². The third kappa shape index (κ3) is 4.12. The van der Waals surface area contributed by atoms with Crippen molar-refractivity contribution >= 4 is 17.2 Å². The number of ether oxygens (including phenoxy) is 2. The molecule has 1 aromatic carbocycles. The van der Waals surface area contributed by atoms with Gasteiger partial charge in [-0.25, -0.2) is 0 Å². The van der Waals surface area contributed by atoms with Crippen LogP contribution in [0.4, 0.5) is 0 Å². The highest BCUT2D eigenvalue weighted by molar-refractivity contribution is 7.17. The van der Waals surface area contributed by atoms with E-state index in [1.165, 1.54) is 11.3 Å². The first kappa shape index (κ1) is 16.0. The summed E-state index contributed by atoms with van der Waals surface area (Å²) in [5, 5.41) is 2.96. The largest absolute Gasteiger partial charge is 0.494 e. The van der Waals surface area contributed by atoms with Gasteiger partial charge in [0.25, 0.3) is 5.91 Å². The highest BCUT2D eigenvalue weighted by Crippen LogP contribution is 2.29. The van der Waals surface area contributed by atoms with Crippen LogP contribution in [0.1, 0.15) is 29.4 Å². The summed E-state index contributed by atoms with van der Waals surface area (Å²) < 4.78 is 11.0. The second-order valence-electron chi connectivity index (χ2n) is 5.47. The molecule has 0 unspecified atom stereocenters. The molecule has 0 saturated carbocycles. The third-order valence-electron chi connectivity index (χ3n) is 3.79. The first-order valence-electron chi connectivity index (χ1n) is 7.99. The van der Waals surface area contributed by atoms with E-state index < -0.39 is 0 Å². The summed E-state index contributed by atoms with van der Waals surface area (Å²) in [6.45, 7) is 4.03. The lowest BCUT2D eigenvalue weighted by molar-refractivity contribution is 0.0861. The zero-order chi connectivity index (χ0) is 16.1. The van der Waals surface area contributed by atoms with Crippen molar-refractivity contribution in [2.75, 3.05) is 19.8 Å². The maximum absolute atomic E-state index is 12.2. The fourth-order valence-corrected chi connectivity index (χ4v) is 3.52. The van der Waals surface area contributed by atoms with Crippen LogP contribution < -0.4 is 10.1 Å². The highest BCUT2D eigenvalue weighted by atomic mass is 32.1. The van der Waals surface area contributed by atoms with Gasteiger partial charge in [0, 0.05) is 18.0 Å². The van der Waals surface area contributed by atoms with Gasteiger partial charge in [0.05, 0.1) is 17.6 Å². The zero-order valence-corrected chi connectivity index (χ0v) is 14.0. The van der Waals surface area contributed by atoms with E-state index in [2.05, 4.69) is 5.32 Å². The van der Waals surface area contributed by atoms with E-state index in [0.29, 0.717) is 13.2 Å². The number of carbonyl (C=O) groups excluding carboxylic acids is 1. The Bertz CT molecular complexity index is 645. The maximum Gasteiger partial charge on any atom is 0.261 e. The molecule has 4 nitrogen and oxygen atoms in total. The number of thiophene rings is 1. The second-order valence-corrected chi connectivity index (χ2v) is 6.55. The third-order valence-corrected chi connectivity index (χ3v) is 4.93. The lowest BCUT2D eigenvalue weighted by atomic mass is 10.2. The van der Waals surface area contributed by atoms with Crippen molar-refractivity contribution in [3.8, 4) is 16.2 Å². The number of hydrogen-bond acceptors (Lipinski definition) is 4. The van der Waals surface area contributed by atoms with Gasteiger partial charge in [-0.1, -0.05) is 0 Å². The molecule has 23 heavy (non-hydrogen) atoms. The van der Waals surface area contributed by atoms with Crippen LogP contribution >= 0.6 is 11.3 Å². The molecule has 0 spiro atoms. The molecule has 2 heterocycles. The minimum Gasteiger partial charge on any atom is -0.494 e. The Hall–Kier alpha value is -1.85.